The van der Waals surface area contributed by atoms with E-state index in [0.29, 0.717) is 22.8 Å². The lowest BCUT2D eigenvalue weighted by atomic mass is 10.0. The molecule has 0 aliphatic heterocycles. The van der Waals surface area contributed by atoms with E-state index in [1.165, 1.54) is 6.20 Å². The molecule has 1 aromatic heterocycles. The monoisotopic (exact) mass is 369 g/mol. The van der Waals surface area contributed by atoms with Crippen molar-refractivity contribution < 1.29 is 9.53 Å². The first-order valence-electron chi connectivity index (χ1n) is 8.30. The molecule has 0 saturated heterocycles. The van der Waals surface area contributed by atoms with Crippen molar-refractivity contribution in [3.8, 4) is 17.0 Å². The van der Waals surface area contributed by atoms with Crippen LogP contribution in [0.4, 0.5) is 0 Å². The van der Waals surface area contributed by atoms with Gasteiger partial charge in [0.2, 0.25) is 0 Å². The van der Waals surface area contributed by atoms with Crippen LogP contribution >= 0.6 is 11.6 Å². The predicted octanol–water partition coefficient (Wildman–Crippen LogP) is 4.27. The van der Waals surface area contributed by atoms with Gasteiger partial charge in [-0.25, -0.2) is 0 Å². The van der Waals surface area contributed by atoms with Crippen molar-refractivity contribution in [3.05, 3.63) is 70.9 Å². The van der Waals surface area contributed by atoms with Gasteiger partial charge >= 0.3 is 0 Å². The third kappa shape index (κ3) is 4.06. The highest BCUT2D eigenvalue weighted by atomic mass is 35.5. The summed E-state index contributed by atoms with van der Waals surface area (Å²) in [5.74, 6) is 0.723. The molecule has 1 atom stereocenters. The first-order valence-corrected chi connectivity index (χ1v) is 8.67. The van der Waals surface area contributed by atoms with Gasteiger partial charge in [0.1, 0.15) is 5.75 Å². The van der Waals surface area contributed by atoms with Crippen molar-refractivity contribution in [1.29, 1.82) is 0 Å². The zero-order chi connectivity index (χ0) is 18.5. The van der Waals surface area contributed by atoms with Crippen LogP contribution in [0.25, 0.3) is 11.3 Å². The Labute approximate surface area is 157 Å². The molecule has 0 aliphatic rings. The van der Waals surface area contributed by atoms with Crippen LogP contribution in [0.2, 0.25) is 5.02 Å². The summed E-state index contributed by atoms with van der Waals surface area (Å²) in [5, 5.41) is 10.6. The Kier molecular flexibility index (Phi) is 5.58. The van der Waals surface area contributed by atoms with E-state index in [1.807, 2.05) is 48.5 Å². The van der Waals surface area contributed by atoms with Gasteiger partial charge in [0.25, 0.3) is 5.91 Å². The Hall–Kier alpha value is -2.79. The van der Waals surface area contributed by atoms with Gasteiger partial charge in [-0.1, -0.05) is 42.8 Å². The molecule has 5 nitrogen and oxygen atoms in total. The highest BCUT2D eigenvalue weighted by molar-refractivity contribution is 6.30. The number of aromatic nitrogens is 2. The number of hydrogen-bond acceptors (Lipinski definition) is 3. The molecule has 0 bridgehead atoms. The minimum absolute atomic E-state index is 0.169. The second-order valence-electron chi connectivity index (χ2n) is 6.05. The molecule has 1 heterocycles. The van der Waals surface area contributed by atoms with Crippen LogP contribution in [0.1, 0.15) is 28.8 Å². The van der Waals surface area contributed by atoms with Gasteiger partial charge in [-0.15, -0.1) is 0 Å². The number of rotatable bonds is 6. The number of ether oxygens (including phenoxy) is 1. The number of hydrogen-bond donors (Lipinski definition) is 2. The number of amides is 1. The molecular weight excluding hydrogens is 350 g/mol. The quantitative estimate of drug-likeness (QED) is 0.681. The topological polar surface area (TPSA) is 67.0 Å². The Morgan fingerprint density at radius 2 is 2.04 bits per heavy atom. The maximum Gasteiger partial charge on any atom is 0.255 e. The van der Waals surface area contributed by atoms with Crippen molar-refractivity contribution >= 4 is 17.5 Å². The molecule has 134 valence electrons. The predicted molar refractivity (Wildman–Crippen MR) is 103 cm³/mol. The molecule has 2 aromatic carbocycles. The summed E-state index contributed by atoms with van der Waals surface area (Å²) in [4.78, 5) is 12.6. The van der Waals surface area contributed by atoms with Crippen molar-refractivity contribution in [2.45, 2.75) is 12.8 Å². The molecule has 0 unspecified atom stereocenters. The third-order valence-corrected chi connectivity index (χ3v) is 4.50. The number of benzene rings is 2. The number of halogens is 1. The van der Waals surface area contributed by atoms with Crippen molar-refractivity contribution in [1.82, 2.24) is 15.5 Å². The number of methoxy groups -OCH3 is 1. The van der Waals surface area contributed by atoms with Crippen LogP contribution in [0, 0.1) is 0 Å². The molecule has 0 fully saturated rings. The van der Waals surface area contributed by atoms with Gasteiger partial charge in [-0.3, -0.25) is 9.89 Å². The zero-order valence-corrected chi connectivity index (χ0v) is 15.4. The molecule has 3 rings (SSSR count). The third-order valence-electron chi connectivity index (χ3n) is 4.25. The summed E-state index contributed by atoms with van der Waals surface area (Å²) in [5.41, 5.74) is 3.13. The largest absolute Gasteiger partial charge is 0.497 e. The molecule has 0 radical (unpaired) electrons. The second-order valence-corrected chi connectivity index (χ2v) is 6.49. The average molecular weight is 370 g/mol. The summed E-state index contributed by atoms with van der Waals surface area (Å²) in [6.07, 6.45) is 1.54. The molecule has 3 aromatic rings. The standard InChI is InChI=1S/C20H20ClN3O2/c1-13(14-6-8-16(21)9-7-14)11-22-20(25)18-12-23-24-19(18)15-4-3-5-17(10-15)26-2/h3-10,12-13H,11H2,1-2H3,(H,22,25)(H,23,24)/t13-/m1/s1. The van der Waals surface area contributed by atoms with Gasteiger partial charge in [-0.05, 0) is 35.7 Å². The number of carbonyl (C=O) groups is 1. The summed E-state index contributed by atoms with van der Waals surface area (Å²) in [6, 6.07) is 15.1. The van der Waals surface area contributed by atoms with E-state index in [1.54, 1.807) is 7.11 Å². The van der Waals surface area contributed by atoms with Crippen molar-refractivity contribution in [2.24, 2.45) is 0 Å². The molecule has 26 heavy (non-hydrogen) atoms. The molecule has 0 aliphatic carbocycles. The molecule has 2 N–H and O–H groups in total. The lowest BCUT2D eigenvalue weighted by Crippen LogP contribution is -2.27. The normalized spacial score (nSPS) is 11.8. The smallest absolute Gasteiger partial charge is 0.255 e. The summed E-state index contributed by atoms with van der Waals surface area (Å²) in [7, 11) is 1.61. The van der Waals surface area contributed by atoms with Gasteiger partial charge in [-0.2, -0.15) is 5.10 Å². The van der Waals surface area contributed by atoms with Crippen LogP contribution in [0.3, 0.4) is 0 Å². The first kappa shape index (κ1) is 18.0. The average Bonchev–Trinajstić information content (AvgIpc) is 3.16. The fourth-order valence-electron chi connectivity index (χ4n) is 2.71. The number of H-pyrrole nitrogens is 1. The summed E-state index contributed by atoms with van der Waals surface area (Å²) >= 11 is 5.92. The number of nitrogens with one attached hydrogen (secondary N) is 2. The Morgan fingerprint density at radius 1 is 1.27 bits per heavy atom. The van der Waals surface area contributed by atoms with Gasteiger partial charge < -0.3 is 10.1 Å². The molecule has 0 saturated carbocycles. The molecular formula is C20H20ClN3O2. The van der Waals surface area contributed by atoms with E-state index < -0.39 is 0 Å². The first-order chi connectivity index (χ1) is 12.6. The maximum atomic E-state index is 12.6. The van der Waals surface area contributed by atoms with Gasteiger partial charge in [0, 0.05) is 17.1 Å². The Bertz CT molecular complexity index is 890. The molecule has 0 spiro atoms. The maximum absolute atomic E-state index is 12.6. The van der Waals surface area contributed by atoms with E-state index in [-0.39, 0.29) is 11.8 Å². The van der Waals surface area contributed by atoms with E-state index >= 15 is 0 Å². The SMILES string of the molecule is COc1cccc(-c2[nH]ncc2C(=O)NC[C@@H](C)c2ccc(Cl)cc2)c1. The fraction of sp³-hybridized carbons (Fsp3) is 0.200. The highest BCUT2D eigenvalue weighted by Gasteiger charge is 2.16. The zero-order valence-electron chi connectivity index (χ0n) is 14.6. The number of nitrogens with zero attached hydrogens (tertiary/aromatic N) is 1. The lowest BCUT2D eigenvalue weighted by molar-refractivity contribution is 0.0952. The summed E-state index contributed by atoms with van der Waals surface area (Å²) in [6.45, 7) is 2.57. The number of aromatic amines is 1. The van der Waals surface area contributed by atoms with E-state index in [0.717, 1.165) is 16.9 Å². The van der Waals surface area contributed by atoms with E-state index in [4.69, 9.17) is 16.3 Å². The van der Waals surface area contributed by atoms with Gasteiger partial charge in [0.05, 0.1) is 24.6 Å². The van der Waals surface area contributed by atoms with Crippen LogP contribution in [-0.2, 0) is 0 Å². The van der Waals surface area contributed by atoms with Crippen LogP contribution in [0.15, 0.2) is 54.7 Å². The fourth-order valence-corrected chi connectivity index (χ4v) is 2.83. The summed E-state index contributed by atoms with van der Waals surface area (Å²) < 4.78 is 5.25. The highest BCUT2D eigenvalue weighted by Crippen LogP contribution is 2.25. The Balaban J connectivity index is 1.71. The van der Waals surface area contributed by atoms with Crippen LogP contribution in [-0.4, -0.2) is 29.8 Å². The molecule has 1 amide bonds. The lowest BCUT2D eigenvalue weighted by Gasteiger charge is -2.13. The Morgan fingerprint density at radius 3 is 2.77 bits per heavy atom. The number of carbonyl (C=O) groups excluding carboxylic acids is 1. The van der Waals surface area contributed by atoms with Gasteiger partial charge in [0.15, 0.2) is 0 Å². The van der Waals surface area contributed by atoms with Crippen LogP contribution in [0.5, 0.6) is 5.75 Å². The van der Waals surface area contributed by atoms with E-state index in [9.17, 15) is 4.79 Å². The van der Waals surface area contributed by atoms with E-state index in [2.05, 4.69) is 22.4 Å². The molecule has 6 heteroatoms. The van der Waals surface area contributed by atoms with Crippen molar-refractivity contribution in [3.63, 3.8) is 0 Å². The second kappa shape index (κ2) is 8.06. The van der Waals surface area contributed by atoms with Crippen molar-refractivity contribution in [2.75, 3.05) is 13.7 Å². The minimum atomic E-state index is -0.169. The van der Waals surface area contributed by atoms with Crippen LogP contribution < -0.4 is 10.1 Å². The minimum Gasteiger partial charge on any atom is -0.497 e.